The molecule has 0 saturated heterocycles. The number of halogens is 4. The molecule has 0 aliphatic heterocycles. The highest BCUT2D eigenvalue weighted by Gasteiger charge is 2.14. The molecule has 0 spiro atoms. The summed E-state index contributed by atoms with van der Waals surface area (Å²) in [5.41, 5.74) is 1.10. The van der Waals surface area contributed by atoms with Crippen molar-refractivity contribution < 1.29 is 61.7 Å². The Labute approximate surface area is 500 Å². The number of para-hydroxylation sites is 2. The fraction of sp³-hybridized carbons (Fsp3) is 0.468. The molecule has 16 nitrogen and oxygen atoms in total. The summed E-state index contributed by atoms with van der Waals surface area (Å²) in [7, 11) is 0. The average Bonchev–Trinajstić information content (AvgIpc) is 3.62. The van der Waals surface area contributed by atoms with Crippen LogP contribution < -0.4 is 49.4 Å². The van der Waals surface area contributed by atoms with E-state index in [-0.39, 0.29) is 70.6 Å². The number of ether oxygens (including phenoxy) is 7. The molecule has 0 aliphatic rings. The van der Waals surface area contributed by atoms with Crippen molar-refractivity contribution in [2.75, 3.05) is 46.2 Å². The van der Waals surface area contributed by atoms with Gasteiger partial charge in [0, 0.05) is 29.3 Å². The van der Waals surface area contributed by atoms with Gasteiger partial charge in [0.1, 0.15) is 67.4 Å². The van der Waals surface area contributed by atoms with Gasteiger partial charge in [0.05, 0.1) is 66.3 Å². The predicted molar refractivity (Wildman–Crippen MR) is 320 cm³/mol. The maximum atomic E-state index is 11.7. The topological polar surface area (TPSA) is 216 Å². The molecular weight excluding hydrogens is 1140 g/mol. The predicted octanol–water partition coefficient (Wildman–Crippen LogP) is 14.4. The number of rotatable bonds is 36. The SMILES string of the molecule is CCCc1c(OCCCCCCCOc2coc(CO)cc2=O)ccc(Cl)c1Cl.CCCc1c(OCCCCCCOc2coc(CO)cc2=O)ccc(Cl)c1Cl.CCOc1ccccc1OCCCCCOc1coc(CO)cc1=O. The lowest BCUT2D eigenvalue weighted by molar-refractivity contribution is 0.235. The third kappa shape index (κ3) is 24.9. The van der Waals surface area contributed by atoms with Crippen LogP contribution in [-0.4, -0.2) is 61.6 Å². The van der Waals surface area contributed by atoms with Crippen LogP contribution in [0.4, 0.5) is 0 Å². The van der Waals surface area contributed by atoms with Crippen molar-refractivity contribution in [3.63, 3.8) is 0 Å². The van der Waals surface area contributed by atoms with Crippen LogP contribution in [-0.2, 0) is 32.7 Å². The quantitative estimate of drug-likeness (QED) is 0.0312. The van der Waals surface area contributed by atoms with Crippen molar-refractivity contribution >= 4 is 46.4 Å². The molecule has 0 bridgehead atoms. The molecule has 6 aromatic rings. The highest BCUT2D eigenvalue weighted by molar-refractivity contribution is 6.43. The molecule has 82 heavy (non-hydrogen) atoms. The van der Waals surface area contributed by atoms with Crippen molar-refractivity contribution in [2.24, 2.45) is 0 Å². The van der Waals surface area contributed by atoms with E-state index < -0.39 is 0 Å². The van der Waals surface area contributed by atoms with Gasteiger partial charge in [-0.15, -0.1) is 0 Å². The number of hydrogen-bond donors (Lipinski definition) is 3. The molecule has 0 aliphatic carbocycles. The van der Waals surface area contributed by atoms with Crippen LogP contribution in [0.25, 0.3) is 0 Å². The van der Waals surface area contributed by atoms with E-state index in [9.17, 15) is 14.4 Å². The summed E-state index contributed by atoms with van der Waals surface area (Å²) in [6.07, 6.45) is 18.6. The van der Waals surface area contributed by atoms with Crippen LogP contribution >= 0.6 is 46.4 Å². The van der Waals surface area contributed by atoms with Crippen LogP contribution in [0.1, 0.15) is 139 Å². The summed E-state index contributed by atoms with van der Waals surface area (Å²) in [5.74, 6) is 4.32. The standard InChI is InChI=1S/C22H28Cl2O5.C21H26Cl2O5.C19H24O6/c1-2-8-17-20(10-9-18(23)22(17)24)27-11-6-4-3-5-7-12-28-21-15-29-16(14-25)13-19(21)26;1-2-7-16-19(9-8-17(22)21(16)23)26-10-5-3-4-6-11-27-20-14-28-15(13-24)12-18(20)25;1-2-22-17-8-4-5-9-18(17)23-10-6-3-7-11-24-19-14-25-15(13-20)12-16(19)21/h9-10,13,15,25H,2-8,11-12,14H2,1H3;8-9,12,14,24H,2-7,10-11,13H2,1H3;4-5,8-9,12,14,20H,2-3,6-7,10-11,13H2,1H3. The van der Waals surface area contributed by atoms with Gasteiger partial charge in [0.15, 0.2) is 11.5 Å². The second-order valence-corrected chi connectivity index (χ2v) is 20.2. The zero-order valence-corrected chi connectivity index (χ0v) is 50.2. The van der Waals surface area contributed by atoms with Gasteiger partial charge in [-0.3, -0.25) is 14.4 Å². The summed E-state index contributed by atoms with van der Waals surface area (Å²) in [4.78, 5) is 35.1. The van der Waals surface area contributed by atoms with Gasteiger partial charge in [-0.2, -0.15) is 0 Å². The van der Waals surface area contributed by atoms with Gasteiger partial charge in [-0.1, -0.05) is 104 Å². The summed E-state index contributed by atoms with van der Waals surface area (Å²) in [6.45, 7) is 9.00. The smallest absolute Gasteiger partial charge is 0.227 e. The van der Waals surface area contributed by atoms with Crippen molar-refractivity contribution in [1.82, 2.24) is 0 Å². The first-order chi connectivity index (χ1) is 39.9. The Morgan fingerprint density at radius 3 is 0.976 bits per heavy atom. The van der Waals surface area contributed by atoms with Crippen LogP contribution in [0.15, 0.2) is 113 Å². The van der Waals surface area contributed by atoms with Gasteiger partial charge in [-0.25, -0.2) is 0 Å². The van der Waals surface area contributed by atoms with E-state index in [4.69, 9.17) is 108 Å². The Hall–Kier alpha value is -5.85. The van der Waals surface area contributed by atoms with Crippen molar-refractivity contribution in [3.05, 3.63) is 165 Å². The first kappa shape index (κ1) is 68.6. The molecule has 0 amide bonds. The monoisotopic (exact) mass is 1220 g/mol. The number of benzene rings is 3. The van der Waals surface area contributed by atoms with Crippen LogP contribution in [0.3, 0.4) is 0 Å². The summed E-state index contributed by atoms with van der Waals surface area (Å²) < 4.78 is 54.5. The maximum Gasteiger partial charge on any atom is 0.227 e. The molecule has 0 fully saturated rings. The summed E-state index contributed by atoms with van der Waals surface area (Å²) in [6, 6.07) is 18.6. The first-order valence-corrected chi connectivity index (χ1v) is 29.5. The Morgan fingerprint density at radius 2 is 0.671 bits per heavy atom. The second-order valence-electron chi connectivity index (χ2n) is 18.6. The number of unbranched alkanes of at least 4 members (excludes halogenated alkanes) is 9. The zero-order chi connectivity index (χ0) is 59.3. The average molecular weight is 1220 g/mol. The Kier molecular flexibility index (Phi) is 33.8. The van der Waals surface area contributed by atoms with Gasteiger partial charge < -0.3 is 61.7 Å². The minimum Gasteiger partial charge on any atom is -0.493 e. The van der Waals surface area contributed by atoms with E-state index in [0.717, 1.165) is 137 Å². The Balaban J connectivity index is 0.000000265. The minimum atomic E-state index is -0.306. The van der Waals surface area contributed by atoms with E-state index in [2.05, 4.69) is 13.8 Å². The minimum absolute atomic E-state index is 0.166. The van der Waals surface area contributed by atoms with Gasteiger partial charge in [0.25, 0.3) is 0 Å². The van der Waals surface area contributed by atoms with Crippen LogP contribution in [0.2, 0.25) is 20.1 Å². The van der Waals surface area contributed by atoms with E-state index in [1.165, 1.54) is 37.0 Å². The molecular formula is C62H78Cl4O16. The highest BCUT2D eigenvalue weighted by Crippen LogP contribution is 2.35. The fourth-order valence-corrected chi connectivity index (χ4v) is 8.73. The van der Waals surface area contributed by atoms with Gasteiger partial charge in [-0.05, 0) is 114 Å². The number of aliphatic hydroxyl groups is 3. The van der Waals surface area contributed by atoms with Crippen LogP contribution in [0, 0.1) is 0 Å². The molecule has 0 radical (unpaired) electrons. The maximum absolute atomic E-state index is 11.7. The largest absolute Gasteiger partial charge is 0.493 e. The lowest BCUT2D eigenvalue weighted by Gasteiger charge is -2.13. The molecule has 6 rings (SSSR count). The van der Waals surface area contributed by atoms with E-state index >= 15 is 0 Å². The Bertz CT molecular complexity index is 2940. The molecule has 3 heterocycles. The van der Waals surface area contributed by atoms with Crippen LogP contribution in [0.5, 0.6) is 40.2 Å². The van der Waals surface area contributed by atoms with Crippen molar-refractivity contribution in [1.29, 1.82) is 0 Å². The van der Waals surface area contributed by atoms with Crippen molar-refractivity contribution in [2.45, 2.75) is 143 Å². The highest BCUT2D eigenvalue weighted by atomic mass is 35.5. The second kappa shape index (κ2) is 40.4. The fourth-order valence-electron chi connectivity index (χ4n) is 7.88. The lowest BCUT2D eigenvalue weighted by Crippen LogP contribution is -2.09. The molecule has 3 aromatic heterocycles. The molecule has 3 aromatic carbocycles. The van der Waals surface area contributed by atoms with E-state index in [1.54, 1.807) is 12.1 Å². The third-order valence-electron chi connectivity index (χ3n) is 12.1. The molecule has 0 atom stereocenters. The molecule has 450 valence electrons. The normalized spacial score (nSPS) is 10.8. The third-order valence-corrected chi connectivity index (χ3v) is 13.8. The molecule has 20 heteroatoms. The van der Waals surface area contributed by atoms with E-state index in [1.807, 2.05) is 43.3 Å². The summed E-state index contributed by atoms with van der Waals surface area (Å²) in [5, 5.41) is 29.0. The first-order valence-electron chi connectivity index (χ1n) is 28.0. The molecule has 0 saturated carbocycles. The van der Waals surface area contributed by atoms with Gasteiger partial charge >= 0.3 is 0 Å². The number of aliphatic hydroxyl groups excluding tert-OH is 3. The summed E-state index contributed by atoms with van der Waals surface area (Å²) >= 11 is 24.8. The van der Waals surface area contributed by atoms with E-state index in [0.29, 0.717) is 66.3 Å². The molecule has 3 N–H and O–H groups in total. The zero-order valence-electron chi connectivity index (χ0n) is 47.1. The Morgan fingerprint density at radius 1 is 0.378 bits per heavy atom. The molecule has 0 unspecified atom stereocenters. The van der Waals surface area contributed by atoms with Gasteiger partial charge in [0.2, 0.25) is 33.5 Å². The number of hydrogen-bond acceptors (Lipinski definition) is 16. The van der Waals surface area contributed by atoms with Crippen molar-refractivity contribution in [3.8, 4) is 40.2 Å². The lowest BCUT2D eigenvalue weighted by atomic mass is 10.1.